The van der Waals surface area contributed by atoms with Crippen LogP contribution in [-0.2, 0) is 0 Å². The highest BCUT2D eigenvalue weighted by atomic mass is 35.5. The van der Waals surface area contributed by atoms with E-state index in [1.54, 1.807) is 41.2 Å². The molecule has 0 spiro atoms. The van der Waals surface area contributed by atoms with Crippen molar-refractivity contribution in [1.29, 1.82) is 0 Å². The summed E-state index contributed by atoms with van der Waals surface area (Å²) < 4.78 is 5.74. The van der Waals surface area contributed by atoms with E-state index >= 15 is 0 Å². The van der Waals surface area contributed by atoms with Gasteiger partial charge in [0.25, 0.3) is 5.91 Å². The Morgan fingerprint density at radius 1 is 1.09 bits per heavy atom. The van der Waals surface area contributed by atoms with Crippen molar-refractivity contribution < 1.29 is 9.53 Å². The van der Waals surface area contributed by atoms with Gasteiger partial charge in [0.15, 0.2) is 5.11 Å². The number of hydrogen-bond acceptors (Lipinski definition) is 5. The van der Waals surface area contributed by atoms with Crippen molar-refractivity contribution in [2.75, 3.05) is 5.32 Å². The number of benzene rings is 3. The van der Waals surface area contributed by atoms with Crippen molar-refractivity contribution in [3.8, 4) is 11.4 Å². The number of anilines is 1. The minimum absolute atomic E-state index is 0.108. The van der Waals surface area contributed by atoms with Crippen LogP contribution in [0.5, 0.6) is 5.75 Å². The van der Waals surface area contributed by atoms with E-state index in [0.717, 1.165) is 17.7 Å². The van der Waals surface area contributed by atoms with Gasteiger partial charge in [0.2, 0.25) is 0 Å². The molecule has 3 aromatic carbocycles. The molecule has 0 unspecified atom stereocenters. The summed E-state index contributed by atoms with van der Waals surface area (Å²) in [6.45, 7) is 6.07. The first-order chi connectivity index (χ1) is 16.3. The van der Waals surface area contributed by atoms with Gasteiger partial charge >= 0.3 is 0 Å². The molecule has 34 heavy (non-hydrogen) atoms. The lowest BCUT2D eigenvalue weighted by atomic mass is 10.2. The fourth-order valence-electron chi connectivity index (χ4n) is 3.16. The normalized spacial score (nSPS) is 11.8. The number of fused-ring (bicyclic) bond motifs is 1. The minimum Gasteiger partial charge on any atom is -0.491 e. The van der Waals surface area contributed by atoms with Crippen LogP contribution in [0.25, 0.3) is 16.7 Å². The van der Waals surface area contributed by atoms with E-state index in [1.807, 2.05) is 38.1 Å². The summed E-state index contributed by atoms with van der Waals surface area (Å²) in [6.07, 6.45) is 1.01. The zero-order valence-electron chi connectivity index (χ0n) is 19.0. The molecule has 4 rings (SSSR count). The molecule has 1 heterocycles. The average molecular weight is 494 g/mol. The van der Waals surface area contributed by atoms with Crippen molar-refractivity contribution in [3.63, 3.8) is 0 Å². The predicted molar refractivity (Wildman–Crippen MR) is 139 cm³/mol. The minimum atomic E-state index is -0.338. The number of rotatable bonds is 6. The van der Waals surface area contributed by atoms with Gasteiger partial charge in [-0.3, -0.25) is 10.1 Å². The fourth-order valence-corrected chi connectivity index (χ4v) is 3.56. The van der Waals surface area contributed by atoms with Gasteiger partial charge in [0, 0.05) is 5.56 Å². The molecule has 7 nitrogen and oxygen atoms in total. The number of carbonyl (C=O) groups is 1. The van der Waals surface area contributed by atoms with Crippen molar-refractivity contribution in [2.24, 2.45) is 0 Å². The highest BCUT2D eigenvalue weighted by Crippen LogP contribution is 2.27. The second kappa shape index (κ2) is 10.2. The summed E-state index contributed by atoms with van der Waals surface area (Å²) >= 11 is 11.7. The highest BCUT2D eigenvalue weighted by Gasteiger charge is 2.13. The predicted octanol–water partition coefficient (Wildman–Crippen LogP) is 5.69. The molecular formula is C25H24ClN5O2S. The van der Waals surface area contributed by atoms with Gasteiger partial charge in [-0.1, -0.05) is 36.2 Å². The Balaban J connectivity index is 1.44. The smallest absolute Gasteiger partial charge is 0.257 e. The third-order valence-corrected chi connectivity index (χ3v) is 5.75. The molecule has 0 bridgehead atoms. The lowest BCUT2D eigenvalue weighted by Crippen LogP contribution is -2.34. The van der Waals surface area contributed by atoms with Crippen LogP contribution in [0.4, 0.5) is 5.69 Å². The fraction of sp³-hybridized carbons (Fsp3) is 0.200. The number of ether oxygens (including phenoxy) is 1. The van der Waals surface area contributed by atoms with E-state index in [0.29, 0.717) is 33.1 Å². The number of nitrogens with one attached hydrogen (secondary N) is 2. The molecule has 0 saturated heterocycles. The molecule has 1 aromatic heterocycles. The monoisotopic (exact) mass is 493 g/mol. The van der Waals surface area contributed by atoms with Gasteiger partial charge in [0.1, 0.15) is 16.8 Å². The van der Waals surface area contributed by atoms with Crippen LogP contribution in [-0.4, -0.2) is 32.1 Å². The largest absolute Gasteiger partial charge is 0.491 e. The van der Waals surface area contributed by atoms with E-state index in [1.165, 1.54) is 0 Å². The first kappa shape index (κ1) is 23.7. The molecule has 4 aromatic rings. The van der Waals surface area contributed by atoms with E-state index in [-0.39, 0.29) is 17.1 Å². The first-order valence-corrected chi connectivity index (χ1v) is 11.6. The zero-order valence-corrected chi connectivity index (χ0v) is 20.6. The Morgan fingerprint density at radius 3 is 2.38 bits per heavy atom. The Kier molecular flexibility index (Phi) is 7.09. The molecule has 1 amide bonds. The maximum absolute atomic E-state index is 12.6. The molecule has 0 fully saturated rings. The molecule has 2 N–H and O–H groups in total. The third kappa shape index (κ3) is 5.52. The first-order valence-electron chi connectivity index (χ1n) is 10.8. The van der Waals surface area contributed by atoms with Crippen molar-refractivity contribution >= 4 is 51.6 Å². The topological polar surface area (TPSA) is 81.1 Å². The van der Waals surface area contributed by atoms with Crippen molar-refractivity contribution in [1.82, 2.24) is 20.3 Å². The summed E-state index contributed by atoms with van der Waals surface area (Å²) in [6, 6.07) is 18.3. The van der Waals surface area contributed by atoms with Crippen LogP contribution in [0, 0.1) is 6.92 Å². The quantitative estimate of drug-likeness (QED) is 0.336. The maximum Gasteiger partial charge on any atom is 0.257 e. The van der Waals surface area contributed by atoms with Crippen LogP contribution in [0.3, 0.4) is 0 Å². The van der Waals surface area contributed by atoms with Gasteiger partial charge in [0.05, 0.1) is 22.5 Å². The molecule has 0 saturated carbocycles. The Bertz CT molecular complexity index is 1340. The van der Waals surface area contributed by atoms with Gasteiger partial charge in [-0.15, -0.1) is 10.2 Å². The molecule has 174 valence electrons. The number of amides is 1. The number of halogens is 1. The van der Waals surface area contributed by atoms with Crippen LogP contribution < -0.4 is 15.4 Å². The van der Waals surface area contributed by atoms with E-state index in [9.17, 15) is 4.79 Å². The Labute approximate surface area is 208 Å². The third-order valence-electron chi connectivity index (χ3n) is 5.24. The molecule has 1 atom stereocenters. The average Bonchev–Trinajstić information content (AvgIpc) is 3.22. The SMILES string of the molecule is CC[C@H](C)Oc1ccc(C(=O)NC(=S)Nc2cc3nn(-c4ccc(C)cc4)nc3cc2Cl)cc1. The van der Waals surface area contributed by atoms with E-state index < -0.39 is 0 Å². The van der Waals surface area contributed by atoms with Crippen molar-refractivity contribution in [3.05, 3.63) is 76.8 Å². The second-order valence-electron chi connectivity index (χ2n) is 7.92. The van der Waals surface area contributed by atoms with Gasteiger partial charge in [-0.2, -0.15) is 4.80 Å². The molecule has 0 aliphatic heterocycles. The Hall–Kier alpha value is -3.49. The summed E-state index contributed by atoms with van der Waals surface area (Å²) in [4.78, 5) is 14.1. The summed E-state index contributed by atoms with van der Waals surface area (Å²) in [5.41, 5.74) is 4.26. The number of hydrogen-bond donors (Lipinski definition) is 2. The molecule has 0 aliphatic rings. The zero-order chi connectivity index (χ0) is 24.2. The summed E-state index contributed by atoms with van der Waals surface area (Å²) in [7, 11) is 0. The lowest BCUT2D eigenvalue weighted by molar-refractivity contribution is 0.0977. The lowest BCUT2D eigenvalue weighted by Gasteiger charge is -2.13. The highest BCUT2D eigenvalue weighted by molar-refractivity contribution is 7.80. The van der Waals surface area contributed by atoms with E-state index in [4.69, 9.17) is 28.6 Å². The second-order valence-corrected chi connectivity index (χ2v) is 8.73. The van der Waals surface area contributed by atoms with Gasteiger partial charge < -0.3 is 10.1 Å². The summed E-state index contributed by atoms with van der Waals surface area (Å²) in [5.74, 6) is 0.375. The van der Waals surface area contributed by atoms with Gasteiger partial charge in [-0.05, 0) is 81.0 Å². The van der Waals surface area contributed by atoms with Gasteiger partial charge in [-0.25, -0.2) is 0 Å². The Morgan fingerprint density at radius 2 is 1.74 bits per heavy atom. The number of aryl methyl sites for hydroxylation is 1. The molecule has 0 aliphatic carbocycles. The molecule has 9 heteroatoms. The van der Waals surface area contributed by atoms with Crippen LogP contribution >= 0.6 is 23.8 Å². The number of carbonyl (C=O) groups excluding carboxylic acids is 1. The molecular weight excluding hydrogens is 470 g/mol. The number of aromatic nitrogens is 3. The maximum atomic E-state index is 12.6. The van der Waals surface area contributed by atoms with Crippen molar-refractivity contribution in [2.45, 2.75) is 33.3 Å². The standard InChI is InChI=1S/C25H24ClN5O2S/c1-4-16(3)33-19-11-7-17(8-12-19)24(32)28-25(34)27-21-14-23-22(13-20(21)26)29-31(30-23)18-9-5-15(2)6-10-18/h5-14,16H,4H2,1-3H3,(H2,27,28,32,34)/t16-/m0/s1. The molecule has 0 radical (unpaired) electrons. The van der Waals surface area contributed by atoms with Crippen LogP contribution in [0.15, 0.2) is 60.7 Å². The number of thiocarbonyl (C=S) groups is 1. The number of nitrogens with zero attached hydrogens (tertiary/aromatic N) is 3. The van der Waals surface area contributed by atoms with E-state index in [2.05, 4.69) is 27.8 Å². The van der Waals surface area contributed by atoms with Crippen LogP contribution in [0.1, 0.15) is 36.2 Å². The summed E-state index contributed by atoms with van der Waals surface area (Å²) in [5, 5.41) is 15.2. The van der Waals surface area contributed by atoms with Crippen LogP contribution in [0.2, 0.25) is 5.02 Å².